The van der Waals surface area contributed by atoms with E-state index in [1.54, 1.807) is 11.3 Å². The third kappa shape index (κ3) is 3.42. The zero-order valence-corrected chi connectivity index (χ0v) is 14.4. The fourth-order valence-corrected chi connectivity index (χ4v) is 4.07. The Kier molecular flexibility index (Phi) is 4.71. The summed E-state index contributed by atoms with van der Waals surface area (Å²) in [5, 5.41) is 6.48. The van der Waals surface area contributed by atoms with Gasteiger partial charge in [-0.25, -0.2) is 0 Å². The third-order valence-corrected chi connectivity index (χ3v) is 5.52. The molecule has 4 heterocycles. The van der Waals surface area contributed by atoms with E-state index in [0.29, 0.717) is 6.04 Å². The number of hydrogen-bond acceptors (Lipinski definition) is 5. The molecular formula is C19H21N3OS. The van der Waals surface area contributed by atoms with Crippen LogP contribution in [0.3, 0.4) is 0 Å². The lowest BCUT2D eigenvalue weighted by atomic mass is 10.1. The van der Waals surface area contributed by atoms with Gasteiger partial charge in [-0.3, -0.25) is 9.88 Å². The lowest BCUT2D eigenvalue weighted by Gasteiger charge is -2.28. The number of likely N-dealkylation sites (tertiary alicyclic amines) is 1. The van der Waals surface area contributed by atoms with Crippen LogP contribution in [-0.4, -0.2) is 21.6 Å². The Morgan fingerprint density at radius 1 is 1.17 bits per heavy atom. The number of aromatic nitrogens is 2. The molecule has 0 bridgehead atoms. The van der Waals surface area contributed by atoms with Crippen LogP contribution in [0, 0.1) is 0 Å². The smallest absolute Gasteiger partial charge is 0.177 e. The van der Waals surface area contributed by atoms with Gasteiger partial charge in [-0.05, 0) is 48.5 Å². The van der Waals surface area contributed by atoms with Crippen LogP contribution in [0.2, 0.25) is 0 Å². The Morgan fingerprint density at radius 3 is 2.92 bits per heavy atom. The van der Waals surface area contributed by atoms with Crippen molar-refractivity contribution in [2.75, 3.05) is 6.54 Å². The molecule has 1 saturated heterocycles. The van der Waals surface area contributed by atoms with E-state index in [1.165, 1.54) is 24.8 Å². The predicted molar refractivity (Wildman–Crippen MR) is 95.7 cm³/mol. The number of nitrogens with zero attached hydrogens (tertiary/aromatic N) is 3. The standard InChI is InChI=1S/C19H21N3OS/c1-2-5-17(16-13-18(23-21-16)19-6-4-12-24-19)22(11-3-1)14-15-7-9-20-10-8-15/h4,6-10,12-13,17H,1-3,5,11,14H2/t17-/m1/s1. The van der Waals surface area contributed by atoms with Gasteiger partial charge in [0, 0.05) is 25.0 Å². The van der Waals surface area contributed by atoms with Crippen LogP contribution in [0.4, 0.5) is 0 Å². The SMILES string of the molecule is c1csc(-c2cc([C@H]3CCCCCN3Cc3ccncc3)no2)c1. The zero-order chi connectivity index (χ0) is 16.2. The largest absolute Gasteiger partial charge is 0.355 e. The zero-order valence-electron chi connectivity index (χ0n) is 13.6. The summed E-state index contributed by atoms with van der Waals surface area (Å²) in [5.41, 5.74) is 2.37. The molecule has 3 aromatic rings. The van der Waals surface area contributed by atoms with Gasteiger partial charge in [-0.2, -0.15) is 0 Å². The van der Waals surface area contributed by atoms with Crippen LogP contribution in [-0.2, 0) is 6.54 Å². The van der Waals surface area contributed by atoms with Crippen molar-refractivity contribution in [3.8, 4) is 10.6 Å². The molecule has 0 radical (unpaired) electrons. The topological polar surface area (TPSA) is 42.2 Å². The van der Waals surface area contributed by atoms with E-state index >= 15 is 0 Å². The summed E-state index contributed by atoms with van der Waals surface area (Å²) in [7, 11) is 0. The van der Waals surface area contributed by atoms with Gasteiger partial charge in [0.1, 0.15) is 5.69 Å². The van der Waals surface area contributed by atoms with Gasteiger partial charge in [0.05, 0.1) is 10.9 Å². The van der Waals surface area contributed by atoms with E-state index < -0.39 is 0 Å². The summed E-state index contributed by atoms with van der Waals surface area (Å²) >= 11 is 1.69. The van der Waals surface area contributed by atoms with Crippen molar-refractivity contribution in [2.24, 2.45) is 0 Å². The monoisotopic (exact) mass is 339 g/mol. The van der Waals surface area contributed by atoms with Crippen LogP contribution < -0.4 is 0 Å². The molecule has 0 unspecified atom stereocenters. The lowest BCUT2D eigenvalue weighted by molar-refractivity contribution is 0.184. The number of rotatable bonds is 4. The molecule has 24 heavy (non-hydrogen) atoms. The molecule has 1 fully saturated rings. The van der Waals surface area contributed by atoms with Crippen LogP contribution >= 0.6 is 11.3 Å². The van der Waals surface area contributed by atoms with E-state index in [4.69, 9.17) is 4.52 Å². The molecular weight excluding hydrogens is 318 g/mol. The van der Waals surface area contributed by atoms with Gasteiger partial charge < -0.3 is 4.52 Å². The predicted octanol–water partition coefficient (Wildman–Crippen LogP) is 4.92. The summed E-state index contributed by atoms with van der Waals surface area (Å²) in [6.07, 6.45) is 8.66. The van der Waals surface area contributed by atoms with E-state index in [2.05, 4.69) is 44.7 Å². The van der Waals surface area contributed by atoms with Gasteiger partial charge in [-0.1, -0.05) is 24.1 Å². The van der Waals surface area contributed by atoms with Crippen LogP contribution in [0.5, 0.6) is 0 Å². The van der Waals surface area contributed by atoms with Crippen LogP contribution in [0.1, 0.15) is 43.0 Å². The average molecular weight is 339 g/mol. The van der Waals surface area contributed by atoms with Crippen molar-refractivity contribution >= 4 is 11.3 Å². The minimum atomic E-state index is 0.332. The van der Waals surface area contributed by atoms with Gasteiger partial charge in [0.15, 0.2) is 5.76 Å². The number of thiophene rings is 1. The summed E-state index contributed by atoms with van der Waals surface area (Å²) in [5.74, 6) is 0.883. The highest BCUT2D eigenvalue weighted by atomic mass is 32.1. The first-order chi connectivity index (χ1) is 11.9. The fraction of sp³-hybridized carbons (Fsp3) is 0.368. The lowest BCUT2D eigenvalue weighted by Crippen LogP contribution is -2.28. The van der Waals surface area contributed by atoms with Crippen molar-refractivity contribution in [3.63, 3.8) is 0 Å². The molecule has 1 aliphatic heterocycles. The molecule has 1 atom stereocenters. The van der Waals surface area contributed by atoms with Crippen molar-refractivity contribution < 1.29 is 4.52 Å². The van der Waals surface area contributed by atoms with Crippen molar-refractivity contribution in [1.82, 2.24) is 15.0 Å². The second kappa shape index (κ2) is 7.28. The second-order valence-electron chi connectivity index (χ2n) is 6.28. The third-order valence-electron chi connectivity index (χ3n) is 4.63. The van der Waals surface area contributed by atoms with Crippen molar-refractivity contribution in [2.45, 2.75) is 38.3 Å². The maximum absolute atomic E-state index is 5.63. The maximum atomic E-state index is 5.63. The summed E-state index contributed by atoms with van der Waals surface area (Å²) < 4.78 is 5.63. The van der Waals surface area contributed by atoms with Crippen LogP contribution in [0.15, 0.2) is 52.6 Å². The van der Waals surface area contributed by atoms with E-state index in [1.807, 2.05) is 18.5 Å². The minimum absolute atomic E-state index is 0.332. The first-order valence-electron chi connectivity index (χ1n) is 8.53. The van der Waals surface area contributed by atoms with E-state index in [-0.39, 0.29) is 0 Å². The molecule has 0 amide bonds. The fourth-order valence-electron chi connectivity index (χ4n) is 3.40. The molecule has 124 valence electrons. The summed E-state index contributed by atoms with van der Waals surface area (Å²) in [6.45, 7) is 2.04. The van der Waals surface area contributed by atoms with Gasteiger partial charge >= 0.3 is 0 Å². The molecule has 0 spiro atoms. The average Bonchev–Trinajstić information content (AvgIpc) is 3.25. The Labute approximate surface area is 146 Å². The Bertz CT molecular complexity index is 754. The molecule has 0 aromatic carbocycles. The maximum Gasteiger partial charge on any atom is 0.177 e. The second-order valence-corrected chi connectivity index (χ2v) is 7.23. The Balaban J connectivity index is 1.58. The van der Waals surface area contributed by atoms with Gasteiger partial charge in [0.2, 0.25) is 0 Å². The molecule has 0 N–H and O–H groups in total. The molecule has 0 aliphatic carbocycles. The Hall–Kier alpha value is -1.98. The summed E-state index contributed by atoms with van der Waals surface area (Å²) in [6, 6.07) is 10.8. The first-order valence-corrected chi connectivity index (χ1v) is 9.41. The molecule has 5 heteroatoms. The molecule has 1 aliphatic rings. The highest BCUT2D eigenvalue weighted by molar-refractivity contribution is 7.13. The van der Waals surface area contributed by atoms with E-state index in [9.17, 15) is 0 Å². The summed E-state index contributed by atoms with van der Waals surface area (Å²) in [4.78, 5) is 7.80. The highest BCUT2D eigenvalue weighted by Gasteiger charge is 2.26. The Morgan fingerprint density at radius 2 is 2.08 bits per heavy atom. The molecule has 4 nitrogen and oxygen atoms in total. The van der Waals surface area contributed by atoms with Crippen LogP contribution in [0.25, 0.3) is 10.6 Å². The first kappa shape index (κ1) is 15.5. The van der Waals surface area contributed by atoms with Crippen molar-refractivity contribution in [3.05, 3.63) is 59.4 Å². The molecule has 0 saturated carbocycles. The highest BCUT2D eigenvalue weighted by Crippen LogP contribution is 2.34. The van der Waals surface area contributed by atoms with Crippen molar-refractivity contribution in [1.29, 1.82) is 0 Å². The van der Waals surface area contributed by atoms with E-state index in [0.717, 1.165) is 35.8 Å². The minimum Gasteiger partial charge on any atom is -0.355 e. The number of hydrogen-bond donors (Lipinski definition) is 0. The van der Waals surface area contributed by atoms with Gasteiger partial charge in [0.25, 0.3) is 0 Å². The van der Waals surface area contributed by atoms with Gasteiger partial charge in [-0.15, -0.1) is 11.3 Å². The normalized spacial score (nSPS) is 19.2. The molecule has 4 rings (SSSR count). The quantitative estimate of drug-likeness (QED) is 0.677. The molecule has 3 aromatic heterocycles. The number of pyridine rings is 1.